The quantitative estimate of drug-likeness (QED) is 0.871. The molecule has 1 aliphatic heterocycles. The molecule has 2 rings (SSSR count). The van der Waals surface area contributed by atoms with Crippen molar-refractivity contribution < 1.29 is 18.3 Å². The van der Waals surface area contributed by atoms with Crippen LogP contribution in [0, 0.1) is 0 Å². The molecule has 0 spiro atoms. The number of anilines is 1. The number of carboxylic acids is 1. The van der Waals surface area contributed by atoms with Gasteiger partial charge in [-0.15, -0.1) is 0 Å². The van der Waals surface area contributed by atoms with Crippen LogP contribution in [-0.4, -0.2) is 44.6 Å². The van der Waals surface area contributed by atoms with Crippen LogP contribution in [0.1, 0.15) is 11.5 Å². The Bertz CT molecular complexity index is 567. The summed E-state index contributed by atoms with van der Waals surface area (Å²) in [5, 5.41) is 9.16. The molecule has 1 heterocycles. The maximum atomic E-state index is 11.2. The first-order valence-electron chi connectivity index (χ1n) is 5.63. The molecule has 1 aromatic rings. The molecule has 0 amide bonds. The van der Waals surface area contributed by atoms with E-state index in [4.69, 9.17) is 5.11 Å². The highest BCUT2D eigenvalue weighted by molar-refractivity contribution is 7.90. The molecule has 5 nitrogen and oxygen atoms in total. The molecule has 1 unspecified atom stereocenters. The van der Waals surface area contributed by atoms with Crippen molar-refractivity contribution in [1.29, 1.82) is 0 Å². The van der Waals surface area contributed by atoms with Crippen LogP contribution in [0.4, 0.5) is 5.69 Å². The van der Waals surface area contributed by atoms with Crippen LogP contribution in [-0.2, 0) is 14.6 Å². The highest BCUT2D eigenvalue weighted by Gasteiger charge is 2.33. The standard InChI is InChI=1S/C12H15NO4S/c1-18(16,17)7-6-13-8-10(12(14)15)9-4-2-3-5-11(9)13/h2-5,10H,6-8H2,1H3,(H,14,15). The summed E-state index contributed by atoms with van der Waals surface area (Å²) in [5.74, 6) is -1.40. The molecule has 1 N–H and O–H groups in total. The second-order valence-electron chi connectivity index (χ2n) is 4.53. The largest absolute Gasteiger partial charge is 0.481 e. The zero-order chi connectivity index (χ0) is 13.3. The van der Waals surface area contributed by atoms with Crippen molar-refractivity contribution >= 4 is 21.5 Å². The summed E-state index contributed by atoms with van der Waals surface area (Å²) in [7, 11) is -3.04. The van der Waals surface area contributed by atoms with E-state index in [0.29, 0.717) is 13.1 Å². The van der Waals surface area contributed by atoms with E-state index < -0.39 is 21.7 Å². The van der Waals surface area contributed by atoms with Crippen LogP contribution in [0.3, 0.4) is 0 Å². The number of hydrogen-bond donors (Lipinski definition) is 1. The van der Waals surface area contributed by atoms with E-state index >= 15 is 0 Å². The lowest BCUT2D eigenvalue weighted by atomic mass is 10.0. The minimum atomic E-state index is -3.04. The number of para-hydroxylation sites is 1. The molecule has 18 heavy (non-hydrogen) atoms. The third-order valence-electron chi connectivity index (χ3n) is 3.09. The van der Waals surface area contributed by atoms with Gasteiger partial charge in [0.05, 0.1) is 5.75 Å². The molecule has 0 saturated carbocycles. The smallest absolute Gasteiger partial charge is 0.312 e. The van der Waals surface area contributed by atoms with Gasteiger partial charge >= 0.3 is 5.97 Å². The predicted octanol–water partition coefficient (Wildman–Crippen LogP) is 0.719. The fraction of sp³-hybridized carbons (Fsp3) is 0.417. The first-order valence-corrected chi connectivity index (χ1v) is 7.69. The second-order valence-corrected chi connectivity index (χ2v) is 6.79. The minimum Gasteiger partial charge on any atom is -0.481 e. The molecule has 1 aromatic carbocycles. The average molecular weight is 269 g/mol. The van der Waals surface area contributed by atoms with Gasteiger partial charge in [0.15, 0.2) is 0 Å². The van der Waals surface area contributed by atoms with Gasteiger partial charge in [0.1, 0.15) is 15.8 Å². The Hall–Kier alpha value is -1.56. The first kappa shape index (κ1) is 12.9. The topological polar surface area (TPSA) is 74.7 Å². The number of aliphatic carboxylic acids is 1. The van der Waals surface area contributed by atoms with Crippen molar-refractivity contribution in [3.8, 4) is 0 Å². The highest BCUT2D eigenvalue weighted by atomic mass is 32.2. The van der Waals surface area contributed by atoms with Gasteiger partial charge < -0.3 is 10.0 Å². The summed E-state index contributed by atoms with van der Waals surface area (Å²) in [4.78, 5) is 13.0. The molecular formula is C12H15NO4S. The van der Waals surface area contributed by atoms with Gasteiger partial charge in [-0.05, 0) is 11.6 Å². The van der Waals surface area contributed by atoms with Crippen molar-refractivity contribution in [1.82, 2.24) is 0 Å². The van der Waals surface area contributed by atoms with Crippen molar-refractivity contribution in [3.63, 3.8) is 0 Å². The van der Waals surface area contributed by atoms with E-state index in [1.165, 1.54) is 6.26 Å². The normalized spacial score (nSPS) is 18.7. The number of rotatable bonds is 4. The summed E-state index contributed by atoms with van der Waals surface area (Å²) in [6.45, 7) is 0.670. The van der Waals surface area contributed by atoms with E-state index in [1.54, 1.807) is 12.1 Å². The lowest BCUT2D eigenvalue weighted by Crippen LogP contribution is -2.29. The average Bonchev–Trinajstić information content (AvgIpc) is 2.64. The van der Waals surface area contributed by atoms with Crippen molar-refractivity contribution in [2.75, 3.05) is 30.0 Å². The van der Waals surface area contributed by atoms with Crippen LogP contribution in [0.2, 0.25) is 0 Å². The van der Waals surface area contributed by atoms with Crippen LogP contribution >= 0.6 is 0 Å². The van der Waals surface area contributed by atoms with Gasteiger partial charge in [-0.25, -0.2) is 8.42 Å². The molecule has 98 valence electrons. The molecule has 0 aromatic heterocycles. The van der Waals surface area contributed by atoms with Crippen molar-refractivity contribution in [2.24, 2.45) is 0 Å². The Morgan fingerprint density at radius 1 is 1.44 bits per heavy atom. The second kappa shape index (κ2) is 4.61. The highest BCUT2D eigenvalue weighted by Crippen LogP contribution is 2.35. The molecule has 0 saturated heterocycles. The van der Waals surface area contributed by atoms with Crippen LogP contribution < -0.4 is 4.90 Å². The Morgan fingerprint density at radius 3 is 2.72 bits per heavy atom. The van der Waals surface area contributed by atoms with E-state index in [1.807, 2.05) is 17.0 Å². The molecule has 0 bridgehead atoms. The third-order valence-corrected chi connectivity index (χ3v) is 4.01. The van der Waals surface area contributed by atoms with Gasteiger partial charge in [-0.3, -0.25) is 4.79 Å². The molecule has 1 aliphatic rings. The van der Waals surface area contributed by atoms with Crippen LogP contribution in [0.25, 0.3) is 0 Å². The number of carbonyl (C=O) groups is 1. The van der Waals surface area contributed by atoms with Gasteiger partial charge in [0.2, 0.25) is 0 Å². The summed E-state index contributed by atoms with van der Waals surface area (Å²) in [6, 6.07) is 7.25. The van der Waals surface area contributed by atoms with Crippen LogP contribution in [0.5, 0.6) is 0 Å². The first-order chi connectivity index (χ1) is 8.38. The predicted molar refractivity (Wildman–Crippen MR) is 68.7 cm³/mol. The molecule has 6 heteroatoms. The number of fused-ring (bicyclic) bond motifs is 1. The Labute approximate surface area is 106 Å². The number of nitrogens with zero attached hydrogens (tertiary/aromatic N) is 1. The zero-order valence-corrected chi connectivity index (χ0v) is 10.9. The van der Waals surface area contributed by atoms with Gasteiger partial charge in [-0.1, -0.05) is 18.2 Å². The number of sulfone groups is 1. The molecule has 0 fully saturated rings. The van der Waals surface area contributed by atoms with E-state index in [-0.39, 0.29) is 5.75 Å². The number of benzene rings is 1. The number of hydrogen-bond acceptors (Lipinski definition) is 4. The van der Waals surface area contributed by atoms with Gasteiger partial charge in [0, 0.05) is 25.0 Å². The monoisotopic (exact) mass is 269 g/mol. The number of carboxylic acid groups (broad SMARTS) is 1. The van der Waals surface area contributed by atoms with Crippen molar-refractivity contribution in [3.05, 3.63) is 29.8 Å². The van der Waals surface area contributed by atoms with E-state index in [2.05, 4.69) is 0 Å². The zero-order valence-electron chi connectivity index (χ0n) is 10.0. The van der Waals surface area contributed by atoms with E-state index in [9.17, 15) is 13.2 Å². The van der Waals surface area contributed by atoms with Crippen molar-refractivity contribution in [2.45, 2.75) is 5.92 Å². The third kappa shape index (κ3) is 2.64. The SMILES string of the molecule is CS(=O)(=O)CCN1CC(C(=O)O)c2ccccc21. The van der Waals surface area contributed by atoms with E-state index in [0.717, 1.165) is 11.3 Å². The molecule has 1 atom stereocenters. The summed E-state index contributed by atoms with van der Waals surface area (Å²) in [6.07, 6.45) is 1.18. The lowest BCUT2D eigenvalue weighted by Gasteiger charge is -2.18. The molecule has 0 aliphatic carbocycles. The lowest BCUT2D eigenvalue weighted by molar-refractivity contribution is -0.138. The minimum absolute atomic E-state index is 0.0354. The maximum Gasteiger partial charge on any atom is 0.312 e. The Kier molecular flexibility index (Phi) is 3.30. The summed E-state index contributed by atoms with van der Waals surface area (Å²) >= 11 is 0. The summed E-state index contributed by atoms with van der Waals surface area (Å²) < 4.78 is 22.3. The maximum absolute atomic E-state index is 11.2. The summed E-state index contributed by atoms with van der Waals surface area (Å²) in [5.41, 5.74) is 1.59. The van der Waals surface area contributed by atoms with Gasteiger partial charge in [0.25, 0.3) is 0 Å². The molecular weight excluding hydrogens is 254 g/mol. The molecule has 0 radical (unpaired) electrons. The Morgan fingerprint density at radius 2 is 2.11 bits per heavy atom. The van der Waals surface area contributed by atoms with Gasteiger partial charge in [-0.2, -0.15) is 0 Å². The fourth-order valence-electron chi connectivity index (χ4n) is 2.19. The fourth-order valence-corrected chi connectivity index (χ4v) is 2.74. The Balaban J connectivity index is 2.23. The van der Waals surface area contributed by atoms with Crippen LogP contribution in [0.15, 0.2) is 24.3 Å².